The number of rotatable bonds is 6. The summed E-state index contributed by atoms with van der Waals surface area (Å²) >= 11 is 5.85. The Hall–Kier alpha value is -1.68. The van der Waals surface area contributed by atoms with Crippen molar-refractivity contribution in [3.8, 4) is 0 Å². The summed E-state index contributed by atoms with van der Waals surface area (Å²) in [6, 6.07) is 0.952. The fraction of sp³-hybridized carbons (Fsp3) is 0.333. The van der Waals surface area contributed by atoms with Crippen LogP contribution in [0.15, 0.2) is 17.0 Å². The SMILES string of the molecule is Cc1c(Cl)cc(S(=O)(=O)O)cc1NC(=O)CCC(N)C(=O)O. The van der Waals surface area contributed by atoms with Crippen LogP contribution < -0.4 is 11.1 Å². The van der Waals surface area contributed by atoms with Crippen molar-refractivity contribution in [2.24, 2.45) is 5.73 Å². The zero-order valence-electron chi connectivity index (χ0n) is 11.5. The van der Waals surface area contributed by atoms with Crippen LogP contribution in [0.2, 0.25) is 5.02 Å². The molecule has 0 bridgehead atoms. The third-order valence-electron chi connectivity index (χ3n) is 2.89. The lowest BCUT2D eigenvalue weighted by Crippen LogP contribution is -2.31. The molecule has 0 radical (unpaired) electrons. The molecule has 1 amide bonds. The fourth-order valence-corrected chi connectivity index (χ4v) is 2.37. The number of halogens is 1. The standard InChI is InChI=1S/C12H15ClN2O6S/c1-6-8(13)4-7(22(19,20)21)5-10(6)15-11(16)3-2-9(14)12(17)18/h4-5,9H,2-3,14H2,1H3,(H,15,16)(H,17,18)(H,19,20,21). The van der Waals surface area contributed by atoms with E-state index in [2.05, 4.69) is 5.32 Å². The molecule has 22 heavy (non-hydrogen) atoms. The summed E-state index contributed by atoms with van der Waals surface area (Å²) in [7, 11) is -4.47. The van der Waals surface area contributed by atoms with Gasteiger partial charge in [0.1, 0.15) is 6.04 Å². The molecule has 1 atom stereocenters. The number of carboxylic acid groups (broad SMARTS) is 1. The van der Waals surface area contributed by atoms with Crippen LogP contribution >= 0.6 is 11.6 Å². The van der Waals surface area contributed by atoms with Gasteiger partial charge in [0.25, 0.3) is 10.1 Å². The molecule has 0 aromatic heterocycles. The van der Waals surface area contributed by atoms with E-state index >= 15 is 0 Å². The summed E-state index contributed by atoms with van der Waals surface area (Å²) in [4.78, 5) is 21.8. The van der Waals surface area contributed by atoms with Crippen LogP contribution in [-0.2, 0) is 19.7 Å². The van der Waals surface area contributed by atoms with Crippen LogP contribution in [0, 0.1) is 6.92 Å². The van der Waals surface area contributed by atoms with Gasteiger partial charge in [-0.05, 0) is 31.0 Å². The quantitative estimate of drug-likeness (QED) is 0.560. The van der Waals surface area contributed by atoms with E-state index in [4.69, 9.17) is 27.0 Å². The van der Waals surface area contributed by atoms with Gasteiger partial charge in [-0.2, -0.15) is 8.42 Å². The topological polar surface area (TPSA) is 147 Å². The Morgan fingerprint density at radius 3 is 2.50 bits per heavy atom. The van der Waals surface area contributed by atoms with E-state index in [1.807, 2.05) is 0 Å². The molecule has 5 N–H and O–H groups in total. The van der Waals surface area contributed by atoms with Gasteiger partial charge in [0, 0.05) is 17.1 Å². The lowest BCUT2D eigenvalue weighted by Gasteiger charge is -2.12. The maximum absolute atomic E-state index is 11.7. The first-order valence-electron chi connectivity index (χ1n) is 6.08. The third-order valence-corrected chi connectivity index (χ3v) is 4.11. The molecule has 1 rings (SSSR count). The molecular formula is C12H15ClN2O6S. The fourth-order valence-electron chi connectivity index (χ4n) is 1.56. The van der Waals surface area contributed by atoms with Crippen molar-refractivity contribution in [1.29, 1.82) is 0 Å². The molecule has 0 fully saturated rings. The Bertz CT molecular complexity index is 704. The molecule has 10 heteroatoms. The summed E-state index contributed by atoms with van der Waals surface area (Å²) < 4.78 is 31.3. The van der Waals surface area contributed by atoms with Crippen molar-refractivity contribution >= 4 is 39.3 Å². The molecule has 0 saturated carbocycles. The number of benzene rings is 1. The zero-order chi connectivity index (χ0) is 17.1. The lowest BCUT2D eigenvalue weighted by molar-refractivity contribution is -0.138. The van der Waals surface area contributed by atoms with Crippen molar-refractivity contribution in [2.45, 2.75) is 30.7 Å². The van der Waals surface area contributed by atoms with Crippen LogP contribution in [0.5, 0.6) is 0 Å². The van der Waals surface area contributed by atoms with Gasteiger partial charge in [0.2, 0.25) is 5.91 Å². The maximum Gasteiger partial charge on any atom is 0.320 e. The molecule has 0 aliphatic rings. The molecule has 0 saturated heterocycles. The summed E-state index contributed by atoms with van der Waals surface area (Å²) in [5.41, 5.74) is 5.79. The molecule has 1 aromatic carbocycles. The zero-order valence-corrected chi connectivity index (χ0v) is 13.1. The minimum absolute atomic E-state index is 0.0488. The smallest absolute Gasteiger partial charge is 0.320 e. The second-order valence-electron chi connectivity index (χ2n) is 4.58. The predicted molar refractivity (Wildman–Crippen MR) is 79.5 cm³/mol. The summed E-state index contributed by atoms with van der Waals surface area (Å²) in [5.74, 6) is -1.77. The number of nitrogens with one attached hydrogen (secondary N) is 1. The molecule has 0 heterocycles. The van der Waals surface area contributed by atoms with E-state index in [-0.39, 0.29) is 23.6 Å². The van der Waals surface area contributed by atoms with Crippen molar-refractivity contribution in [3.63, 3.8) is 0 Å². The first-order chi connectivity index (χ1) is 10.0. The van der Waals surface area contributed by atoms with Crippen molar-refractivity contribution in [3.05, 3.63) is 22.7 Å². The van der Waals surface area contributed by atoms with Crippen LogP contribution in [0.25, 0.3) is 0 Å². The minimum Gasteiger partial charge on any atom is -0.480 e. The Kier molecular flexibility index (Phi) is 5.89. The van der Waals surface area contributed by atoms with Gasteiger partial charge in [-0.3, -0.25) is 14.1 Å². The Balaban J connectivity index is 2.91. The molecular weight excluding hydrogens is 336 g/mol. The van der Waals surface area contributed by atoms with E-state index in [0.29, 0.717) is 5.56 Å². The monoisotopic (exact) mass is 350 g/mol. The second kappa shape index (κ2) is 7.05. The highest BCUT2D eigenvalue weighted by molar-refractivity contribution is 7.85. The summed E-state index contributed by atoms with van der Waals surface area (Å²) in [6.45, 7) is 1.55. The number of hydrogen-bond acceptors (Lipinski definition) is 5. The van der Waals surface area contributed by atoms with Gasteiger partial charge in [-0.25, -0.2) is 0 Å². The highest BCUT2D eigenvalue weighted by atomic mass is 35.5. The predicted octanol–water partition coefficient (Wildman–Crippen LogP) is 1.03. The van der Waals surface area contributed by atoms with E-state index in [0.717, 1.165) is 12.1 Å². The maximum atomic E-state index is 11.7. The summed E-state index contributed by atoms with van der Waals surface area (Å²) in [5, 5.41) is 11.1. The van der Waals surface area contributed by atoms with Gasteiger partial charge < -0.3 is 16.2 Å². The molecule has 0 aliphatic carbocycles. The highest BCUT2D eigenvalue weighted by Gasteiger charge is 2.17. The molecule has 1 unspecified atom stereocenters. The molecule has 0 spiro atoms. The van der Waals surface area contributed by atoms with Crippen molar-refractivity contribution in [1.82, 2.24) is 0 Å². The minimum atomic E-state index is -4.47. The van der Waals surface area contributed by atoms with E-state index in [1.165, 1.54) is 0 Å². The Morgan fingerprint density at radius 1 is 1.41 bits per heavy atom. The third kappa shape index (κ3) is 4.95. The van der Waals surface area contributed by atoms with Gasteiger partial charge in [-0.1, -0.05) is 11.6 Å². The van der Waals surface area contributed by atoms with Gasteiger partial charge in [-0.15, -0.1) is 0 Å². The number of nitrogens with two attached hydrogens (primary N) is 1. The van der Waals surface area contributed by atoms with Crippen LogP contribution in [0.1, 0.15) is 18.4 Å². The van der Waals surface area contributed by atoms with Gasteiger partial charge in [0.15, 0.2) is 0 Å². The number of anilines is 1. The second-order valence-corrected chi connectivity index (χ2v) is 6.41. The lowest BCUT2D eigenvalue weighted by atomic mass is 10.1. The number of amides is 1. The average Bonchev–Trinajstić information content (AvgIpc) is 2.39. The number of carbonyl (C=O) groups is 2. The van der Waals surface area contributed by atoms with E-state index in [1.54, 1.807) is 6.92 Å². The van der Waals surface area contributed by atoms with Crippen molar-refractivity contribution < 1.29 is 27.7 Å². The number of hydrogen-bond donors (Lipinski definition) is 4. The Labute approximate surface area is 132 Å². The molecule has 8 nitrogen and oxygen atoms in total. The van der Waals surface area contributed by atoms with Crippen LogP contribution in [0.3, 0.4) is 0 Å². The highest BCUT2D eigenvalue weighted by Crippen LogP contribution is 2.28. The first kappa shape index (κ1) is 18.4. The van der Waals surface area contributed by atoms with Crippen LogP contribution in [-0.4, -0.2) is 36.0 Å². The average molecular weight is 351 g/mol. The summed E-state index contributed by atoms with van der Waals surface area (Å²) in [6.07, 6.45) is -0.243. The van der Waals surface area contributed by atoms with Gasteiger partial charge in [0.05, 0.1) is 4.90 Å². The van der Waals surface area contributed by atoms with E-state index < -0.39 is 32.9 Å². The largest absolute Gasteiger partial charge is 0.480 e. The first-order valence-corrected chi connectivity index (χ1v) is 7.90. The van der Waals surface area contributed by atoms with E-state index in [9.17, 15) is 18.0 Å². The molecule has 122 valence electrons. The number of carboxylic acids is 1. The Morgan fingerprint density at radius 2 is 2.00 bits per heavy atom. The molecule has 0 aliphatic heterocycles. The normalized spacial score (nSPS) is 12.7. The van der Waals surface area contributed by atoms with Crippen LogP contribution in [0.4, 0.5) is 5.69 Å². The van der Waals surface area contributed by atoms with Gasteiger partial charge >= 0.3 is 5.97 Å². The van der Waals surface area contributed by atoms with Crippen molar-refractivity contribution in [2.75, 3.05) is 5.32 Å². The number of carbonyl (C=O) groups excluding carboxylic acids is 1. The molecule has 1 aromatic rings. The number of aliphatic carboxylic acids is 1.